The highest BCUT2D eigenvalue weighted by Gasteiger charge is 2.22. The SMILES string of the molecule is COc1ccc(OC)c(C(=O)COC(=O)c2ccccc2NS(=O)(=O)c2ccc(Br)s2)c1. The van der Waals surface area contributed by atoms with E-state index in [1.807, 2.05) is 0 Å². The van der Waals surface area contributed by atoms with Crippen LogP contribution >= 0.6 is 27.3 Å². The van der Waals surface area contributed by atoms with Crippen molar-refractivity contribution in [1.29, 1.82) is 0 Å². The number of sulfonamides is 1. The highest BCUT2D eigenvalue weighted by atomic mass is 79.9. The van der Waals surface area contributed by atoms with Crippen molar-refractivity contribution in [1.82, 2.24) is 0 Å². The molecule has 0 spiro atoms. The smallest absolute Gasteiger partial charge is 0.340 e. The molecule has 1 N–H and O–H groups in total. The number of esters is 1. The summed E-state index contributed by atoms with van der Waals surface area (Å²) in [5.74, 6) is -0.607. The van der Waals surface area contributed by atoms with Crippen molar-refractivity contribution >= 4 is 54.7 Å². The average molecular weight is 540 g/mol. The number of nitrogens with one attached hydrogen (secondary N) is 1. The molecular weight excluding hydrogens is 522 g/mol. The standard InChI is InChI=1S/C21H18BrNO7S2/c1-28-13-7-8-18(29-2)15(11-13)17(24)12-30-21(25)14-5-3-4-6-16(14)23-32(26,27)20-10-9-19(22)31-20/h3-11,23H,12H2,1-2H3. The maximum absolute atomic E-state index is 12.6. The first kappa shape index (κ1) is 23.8. The van der Waals surface area contributed by atoms with Crippen LogP contribution in [0.4, 0.5) is 5.69 Å². The predicted octanol–water partition coefficient (Wildman–Crippen LogP) is 4.37. The average Bonchev–Trinajstić information content (AvgIpc) is 3.24. The number of rotatable bonds is 9. The van der Waals surface area contributed by atoms with Crippen LogP contribution in [-0.4, -0.2) is 41.0 Å². The molecule has 1 aromatic heterocycles. The summed E-state index contributed by atoms with van der Waals surface area (Å²) in [6, 6.07) is 13.7. The molecule has 3 rings (SSSR count). The summed E-state index contributed by atoms with van der Waals surface area (Å²) in [5.41, 5.74) is 0.197. The summed E-state index contributed by atoms with van der Waals surface area (Å²) in [4.78, 5) is 25.2. The number of benzene rings is 2. The predicted molar refractivity (Wildman–Crippen MR) is 123 cm³/mol. The van der Waals surface area contributed by atoms with Gasteiger partial charge in [0.25, 0.3) is 10.0 Å². The summed E-state index contributed by atoms with van der Waals surface area (Å²) in [6.45, 7) is -0.568. The summed E-state index contributed by atoms with van der Waals surface area (Å²) < 4.78 is 43.8. The lowest BCUT2D eigenvalue weighted by atomic mass is 10.1. The first-order chi connectivity index (χ1) is 15.2. The number of Topliss-reactive ketones (excluding diaryl/α,β-unsaturated/α-hetero) is 1. The van der Waals surface area contributed by atoms with Crippen molar-refractivity contribution in [3.63, 3.8) is 0 Å². The normalized spacial score (nSPS) is 11.0. The molecule has 0 aliphatic heterocycles. The monoisotopic (exact) mass is 539 g/mol. The highest BCUT2D eigenvalue weighted by Crippen LogP contribution is 2.29. The van der Waals surface area contributed by atoms with E-state index >= 15 is 0 Å². The largest absolute Gasteiger partial charge is 0.497 e. The van der Waals surface area contributed by atoms with E-state index in [2.05, 4.69) is 20.7 Å². The number of para-hydroxylation sites is 1. The number of carbonyl (C=O) groups excluding carboxylic acids is 2. The third kappa shape index (κ3) is 5.47. The zero-order chi connectivity index (χ0) is 23.3. The lowest BCUT2D eigenvalue weighted by Crippen LogP contribution is -2.18. The number of hydrogen-bond acceptors (Lipinski definition) is 8. The minimum atomic E-state index is -3.91. The summed E-state index contributed by atoms with van der Waals surface area (Å²) in [7, 11) is -1.03. The molecule has 0 unspecified atom stereocenters. The van der Waals surface area contributed by atoms with Gasteiger partial charge in [-0.1, -0.05) is 12.1 Å². The topological polar surface area (TPSA) is 108 Å². The van der Waals surface area contributed by atoms with Gasteiger partial charge in [0.15, 0.2) is 6.61 Å². The lowest BCUT2D eigenvalue weighted by molar-refractivity contribution is 0.0475. The fourth-order valence-electron chi connectivity index (χ4n) is 2.71. The minimum absolute atomic E-state index is 0.0305. The molecular formula is C21H18BrNO7S2. The summed E-state index contributed by atoms with van der Waals surface area (Å²) >= 11 is 4.25. The Kier molecular flexibility index (Phi) is 7.54. The van der Waals surface area contributed by atoms with Gasteiger partial charge < -0.3 is 14.2 Å². The first-order valence-electron chi connectivity index (χ1n) is 9.04. The van der Waals surface area contributed by atoms with Crippen molar-refractivity contribution < 1.29 is 32.2 Å². The van der Waals surface area contributed by atoms with Gasteiger partial charge >= 0.3 is 5.97 Å². The van der Waals surface area contributed by atoms with E-state index in [1.165, 1.54) is 38.5 Å². The van der Waals surface area contributed by atoms with Crippen molar-refractivity contribution in [2.75, 3.05) is 25.5 Å². The molecule has 1 heterocycles. The molecule has 3 aromatic rings. The number of ether oxygens (including phenoxy) is 3. The van der Waals surface area contributed by atoms with E-state index < -0.39 is 28.4 Å². The van der Waals surface area contributed by atoms with E-state index in [9.17, 15) is 18.0 Å². The van der Waals surface area contributed by atoms with Crippen molar-refractivity contribution in [2.24, 2.45) is 0 Å². The molecule has 168 valence electrons. The molecule has 0 bridgehead atoms. The van der Waals surface area contributed by atoms with Gasteiger partial charge in [-0.05, 0) is 58.4 Å². The van der Waals surface area contributed by atoms with Gasteiger partial charge in [-0.3, -0.25) is 9.52 Å². The van der Waals surface area contributed by atoms with Crippen LogP contribution in [0.25, 0.3) is 0 Å². The Morgan fingerprint density at radius 1 is 1.00 bits per heavy atom. The Balaban J connectivity index is 1.76. The van der Waals surface area contributed by atoms with Gasteiger partial charge in [0, 0.05) is 0 Å². The van der Waals surface area contributed by atoms with Gasteiger partial charge in [-0.15, -0.1) is 11.3 Å². The molecule has 32 heavy (non-hydrogen) atoms. The Labute approximate surface area is 197 Å². The van der Waals surface area contributed by atoms with E-state index in [0.29, 0.717) is 15.3 Å². The van der Waals surface area contributed by atoms with Gasteiger partial charge in [-0.25, -0.2) is 13.2 Å². The van der Waals surface area contributed by atoms with Crippen LogP contribution < -0.4 is 14.2 Å². The fourth-order valence-corrected chi connectivity index (χ4v) is 5.80. The van der Waals surface area contributed by atoms with Crippen molar-refractivity contribution in [2.45, 2.75) is 4.21 Å². The number of hydrogen-bond donors (Lipinski definition) is 1. The van der Waals surface area contributed by atoms with Crippen LogP contribution in [0.3, 0.4) is 0 Å². The second kappa shape index (κ2) is 10.2. The van der Waals surface area contributed by atoms with Crippen LogP contribution in [0.1, 0.15) is 20.7 Å². The van der Waals surface area contributed by atoms with E-state index in [0.717, 1.165) is 11.3 Å². The second-order valence-electron chi connectivity index (χ2n) is 6.28. The number of anilines is 1. The molecule has 0 atom stereocenters. The molecule has 2 aromatic carbocycles. The molecule has 11 heteroatoms. The van der Waals surface area contributed by atoms with Crippen LogP contribution in [-0.2, 0) is 14.8 Å². The lowest BCUT2D eigenvalue weighted by Gasteiger charge is -2.12. The zero-order valence-corrected chi connectivity index (χ0v) is 20.2. The Morgan fingerprint density at radius 2 is 1.75 bits per heavy atom. The molecule has 8 nitrogen and oxygen atoms in total. The van der Waals surface area contributed by atoms with Crippen molar-refractivity contribution in [3.05, 3.63) is 69.5 Å². The van der Waals surface area contributed by atoms with Crippen LogP contribution in [0, 0.1) is 0 Å². The molecule has 0 aliphatic rings. The Morgan fingerprint density at radius 3 is 2.41 bits per heavy atom. The second-order valence-corrected chi connectivity index (χ2v) is 10.6. The summed E-state index contributed by atoms with van der Waals surface area (Å²) in [6.07, 6.45) is 0. The number of ketones is 1. The number of carbonyl (C=O) groups is 2. The summed E-state index contributed by atoms with van der Waals surface area (Å²) in [5, 5.41) is 0. The zero-order valence-electron chi connectivity index (χ0n) is 17.0. The van der Waals surface area contributed by atoms with Crippen LogP contribution in [0.5, 0.6) is 11.5 Å². The van der Waals surface area contributed by atoms with E-state index in [1.54, 1.807) is 30.3 Å². The Hall–Kier alpha value is -2.89. The maximum Gasteiger partial charge on any atom is 0.340 e. The molecule has 0 fully saturated rings. The van der Waals surface area contributed by atoms with Crippen LogP contribution in [0.2, 0.25) is 0 Å². The number of thiophene rings is 1. The fraction of sp³-hybridized carbons (Fsp3) is 0.143. The van der Waals surface area contributed by atoms with E-state index in [4.69, 9.17) is 14.2 Å². The van der Waals surface area contributed by atoms with Crippen molar-refractivity contribution in [3.8, 4) is 11.5 Å². The maximum atomic E-state index is 12.6. The van der Waals surface area contributed by atoms with E-state index in [-0.39, 0.29) is 21.0 Å². The van der Waals surface area contributed by atoms with Gasteiger partial charge in [0.05, 0.1) is 34.8 Å². The third-order valence-corrected chi connectivity index (χ3v) is 7.73. The van der Waals surface area contributed by atoms with Gasteiger partial charge in [0.1, 0.15) is 15.7 Å². The minimum Gasteiger partial charge on any atom is -0.497 e. The first-order valence-corrected chi connectivity index (χ1v) is 12.1. The molecule has 0 saturated heterocycles. The van der Waals surface area contributed by atoms with Gasteiger partial charge in [-0.2, -0.15) is 0 Å². The quantitative estimate of drug-likeness (QED) is 0.317. The molecule has 0 radical (unpaired) electrons. The number of halogens is 1. The molecule has 0 saturated carbocycles. The van der Waals surface area contributed by atoms with Crippen LogP contribution in [0.15, 0.2) is 62.6 Å². The molecule has 0 amide bonds. The highest BCUT2D eigenvalue weighted by molar-refractivity contribution is 9.11. The van der Waals surface area contributed by atoms with Gasteiger partial charge in [0.2, 0.25) is 5.78 Å². The number of methoxy groups -OCH3 is 2. The third-order valence-electron chi connectivity index (χ3n) is 4.25. The molecule has 0 aliphatic carbocycles. The Bertz CT molecular complexity index is 1250.